The van der Waals surface area contributed by atoms with Gasteiger partial charge in [0, 0.05) is 54.9 Å². The van der Waals surface area contributed by atoms with Crippen molar-refractivity contribution in [3.05, 3.63) is 65.9 Å². The summed E-state index contributed by atoms with van der Waals surface area (Å²) in [5.41, 5.74) is 4.65. The molecule has 0 aliphatic carbocycles. The van der Waals surface area contributed by atoms with Crippen LogP contribution in [0.2, 0.25) is 0 Å². The molecule has 9 heteroatoms. The summed E-state index contributed by atoms with van der Waals surface area (Å²) >= 11 is 0. The highest BCUT2D eigenvalue weighted by Gasteiger charge is 2.34. The fourth-order valence-electron chi connectivity index (χ4n) is 6.88. The van der Waals surface area contributed by atoms with Crippen molar-refractivity contribution in [2.75, 3.05) is 56.2 Å². The average Bonchev–Trinajstić information content (AvgIpc) is 3.43. The number of benzene rings is 2. The molecule has 0 radical (unpaired) electrons. The van der Waals surface area contributed by atoms with Crippen LogP contribution in [0.25, 0.3) is 10.8 Å². The first-order valence-corrected chi connectivity index (χ1v) is 15.1. The minimum atomic E-state index is -0.773. The minimum Gasteiger partial charge on any atom is -0.462 e. The summed E-state index contributed by atoms with van der Waals surface area (Å²) in [7, 11) is 2.15. The van der Waals surface area contributed by atoms with Gasteiger partial charge < -0.3 is 24.5 Å². The number of piperazine rings is 1. The van der Waals surface area contributed by atoms with E-state index in [9.17, 15) is 10.4 Å². The number of likely N-dealkylation sites (tertiary alicyclic amines) is 1. The molecule has 0 amide bonds. The van der Waals surface area contributed by atoms with Gasteiger partial charge >= 0.3 is 6.01 Å². The van der Waals surface area contributed by atoms with Crippen molar-refractivity contribution < 1.29 is 9.84 Å². The van der Waals surface area contributed by atoms with Gasteiger partial charge in [-0.2, -0.15) is 15.2 Å². The van der Waals surface area contributed by atoms with Crippen LogP contribution in [-0.4, -0.2) is 89.6 Å². The quantitative estimate of drug-likeness (QED) is 0.407. The Balaban J connectivity index is 1.34. The Labute approximate surface area is 248 Å². The molecule has 3 atom stereocenters. The van der Waals surface area contributed by atoms with E-state index in [0.29, 0.717) is 51.3 Å². The smallest absolute Gasteiger partial charge is 0.318 e. The summed E-state index contributed by atoms with van der Waals surface area (Å²) in [6.45, 7) is 11.0. The lowest BCUT2D eigenvalue weighted by molar-refractivity contribution is 0.00431. The van der Waals surface area contributed by atoms with E-state index in [0.717, 1.165) is 43.0 Å². The number of aromatic nitrogens is 2. The molecule has 3 aliphatic heterocycles. The molecule has 2 aromatic carbocycles. The van der Waals surface area contributed by atoms with Crippen LogP contribution in [-0.2, 0) is 13.0 Å². The summed E-state index contributed by atoms with van der Waals surface area (Å²) < 4.78 is 6.31. The van der Waals surface area contributed by atoms with E-state index in [4.69, 9.17) is 14.7 Å². The molecule has 2 saturated heterocycles. The number of aliphatic hydroxyl groups is 1. The molecule has 3 unspecified atom stereocenters. The van der Waals surface area contributed by atoms with Crippen LogP contribution < -0.4 is 14.5 Å². The van der Waals surface area contributed by atoms with Gasteiger partial charge in [0.2, 0.25) is 0 Å². The van der Waals surface area contributed by atoms with Gasteiger partial charge in [0.1, 0.15) is 18.7 Å². The minimum absolute atomic E-state index is 0.127. The number of hydrogen-bond donors (Lipinski definition) is 1. The molecule has 3 aliphatic rings. The first-order valence-electron chi connectivity index (χ1n) is 15.1. The molecule has 6 rings (SSSR count). The Hall–Kier alpha value is -3.71. The van der Waals surface area contributed by atoms with Crippen molar-refractivity contribution in [1.82, 2.24) is 19.8 Å². The Bertz CT molecular complexity index is 1480. The number of ether oxygens (including phenoxy) is 1. The van der Waals surface area contributed by atoms with E-state index >= 15 is 0 Å². The van der Waals surface area contributed by atoms with Crippen molar-refractivity contribution in [2.24, 2.45) is 0 Å². The highest BCUT2D eigenvalue weighted by Crippen LogP contribution is 2.36. The Kier molecular flexibility index (Phi) is 8.29. The van der Waals surface area contributed by atoms with Gasteiger partial charge in [-0.25, -0.2) is 0 Å². The monoisotopic (exact) mass is 567 g/mol. The van der Waals surface area contributed by atoms with Crippen LogP contribution in [0.3, 0.4) is 0 Å². The zero-order chi connectivity index (χ0) is 29.2. The Morgan fingerprint density at radius 1 is 1.12 bits per heavy atom. The number of anilines is 2. The number of hydrogen-bond acceptors (Lipinski definition) is 9. The first kappa shape index (κ1) is 28.4. The molecular weight excluding hydrogens is 526 g/mol. The summed E-state index contributed by atoms with van der Waals surface area (Å²) in [6, 6.07) is 16.0. The Morgan fingerprint density at radius 2 is 1.95 bits per heavy atom. The topological polar surface area (TPSA) is 92.0 Å². The van der Waals surface area contributed by atoms with Gasteiger partial charge in [0.25, 0.3) is 0 Å². The number of fused-ring (bicyclic) bond motifs is 2. The average molecular weight is 568 g/mol. The third kappa shape index (κ3) is 5.54. The van der Waals surface area contributed by atoms with Crippen LogP contribution in [0.4, 0.5) is 11.5 Å². The third-order valence-electron chi connectivity index (χ3n) is 9.24. The molecule has 0 spiro atoms. The molecule has 1 N–H and O–H groups in total. The van der Waals surface area contributed by atoms with E-state index in [2.05, 4.69) is 77.7 Å². The zero-order valence-corrected chi connectivity index (χ0v) is 24.7. The van der Waals surface area contributed by atoms with Crippen molar-refractivity contribution in [3.8, 4) is 12.1 Å². The number of aryl methyl sites for hydroxylation is 1. The zero-order valence-electron chi connectivity index (χ0n) is 24.7. The van der Waals surface area contributed by atoms with Crippen molar-refractivity contribution >= 4 is 22.3 Å². The second kappa shape index (κ2) is 12.3. The molecule has 220 valence electrons. The third-order valence-corrected chi connectivity index (χ3v) is 9.24. The molecule has 1 aromatic heterocycles. The number of nitrogens with zero attached hydrogens (tertiary/aromatic N) is 7. The maximum atomic E-state index is 10.5. The van der Waals surface area contributed by atoms with Gasteiger partial charge in [-0.1, -0.05) is 36.9 Å². The maximum absolute atomic E-state index is 10.5. The van der Waals surface area contributed by atoms with Gasteiger partial charge in [-0.05, 0) is 62.9 Å². The normalized spacial score (nSPS) is 22.1. The van der Waals surface area contributed by atoms with Crippen LogP contribution >= 0.6 is 0 Å². The predicted octanol–water partition coefficient (Wildman–Crippen LogP) is 3.88. The van der Waals surface area contributed by atoms with Crippen molar-refractivity contribution in [1.29, 1.82) is 5.26 Å². The summed E-state index contributed by atoms with van der Waals surface area (Å²) in [5, 5.41) is 22.6. The Morgan fingerprint density at radius 3 is 2.71 bits per heavy atom. The van der Waals surface area contributed by atoms with E-state index in [1.807, 2.05) is 4.90 Å². The van der Waals surface area contributed by atoms with Crippen LogP contribution in [0.15, 0.2) is 49.1 Å². The highest BCUT2D eigenvalue weighted by molar-refractivity contribution is 5.97. The van der Waals surface area contributed by atoms with Gasteiger partial charge in [0.15, 0.2) is 0 Å². The molecule has 42 heavy (non-hydrogen) atoms. The standard InChI is InChI=1S/C33H41N7O2/c1-4-30(41)40-19-18-39(20-25(40)13-15-34)32-27-14-17-38(29-12-6-10-24-9-5-8-23(2)31(24)29)21-28(27)35-33(36-32)42-22-26-11-7-16-37(26)3/h4-6,8-10,12,25-26,30,41H,1,7,11,13-14,16-22H2,2-3H3. The fourth-order valence-corrected chi connectivity index (χ4v) is 6.88. The largest absolute Gasteiger partial charge is 0.462 e. The van der Waals surface area contributed by atoms with E-state index in [-0.39, 0.29) is 6.04 Å². The lowest BCUT2D eigenvalue weighted by atomic mass is 9.99. The molecule has 9 nitrogen and oxygen atoms in total. The number of likely N-dealkylation sites (N-methyl/N-ethyl adjacent to an activating group) is 1. The second-order valence-electron chi connectivity index (χ2n) is 11.8. The summed E-state index contributed by atoms with van der Waals surface area (Å²) in [6.07, 6.45) is 4.19. The molecular formula is C33H41N7O2. The fraction of sp³-hybridized carbons (Fsp3) is 0.485. The molecule has 0 bridgehead atoms. The summed E-state index contributed by atoms with van der Waals surface area (Å²) in [4.78, 5) is 19.0. The SMILES string of the molecule is C=CC(O)N1CCN(c2nc(OCC3CCCN3C)nc3c2CCN(c2cccc4cccc(C)c24)C3)CC1CC#N. The lowest BCUT2D eigenvalue weighted by Gasteiger charge is -2.43. The summed E-state index contributed by atoms with van der Waals surface area (Å²) in [5.74, 6) is 0.902. The molecule has 3 aromatic rings. The highest BCUT2D eigenvalue weighted by atomic mass is 16.5. The van der Waals surface area contributed by atoms with E-state index < -0.39 is 6.23 Å². The molecule has 2 fully saturated rings. The van der Waals surface area contributed by atoms with Crippen LogP contribution in [0.1, 0.15) is 36.1 Å². The maximum Gasteiger partial charge on any atom is 0.318 e. The number of rotatable bonds is 8. The van der Waals surface area contributed by atoms with Gasteiger partial charge in [-0.15, -0.1) is 0 Å². The number of aliphatic hydroxyl groups excluding tert-OH is 1. The first-order chi connectivity index (χ1) is 20.5. The second-order valence-corrected chi connectivity index (χ2v) is 11.8. The predicted molar refractivity (Wildman–Crippen MR) is 166 cm³/mol. The van der Waals surface area contributed by atoms with E-state index in [1.54, 1.807) is 0 Å². The van der Waals surface area contributed by atoms with Crippen molar-refractivity contribution in [3.63, 3.8) is 0 Å². The van der Waals surface area contributed by atoms with Gasteiger partial charge in [0.05, 0.1) is 24.7 Å². The van der Waals surface area contributed by atoms with Gasteiger partial charge in [-0.3, -0.25) is 4.90 Å². The number of nitriles is 1. The van der Waals surface area contributed by atoms with Crippen molar-refractivity contribution in [2.45, 2.75) is 57.5 Å². The molecule has 4 heterocycles. The van der Waals surface area contributed by atoms with Crippen LogP contribution in [0.5, 0.6) is 6.01 Å². The van der Waals surface area contributed by atoms with E-state index in [1.165, 1.54) is 34.5 Å². The van der Waals surface area contributed by atoms with Crippen LogP contribution in [0, 0.1) is 18.3 Å². The lowest BCUT2D eigenvalue weighted by Crippen LogP contribution is -2.56. The molecule has 0 saturated carbocycles.